The number of pyridine rings is 1. The molecule has 0 saturated heterocycles. The molecule has 0 aliphatic carbocycles. The van der Waals surface area contributed by atoms with Crippen molar-refractivity contribution >= 4 is 34.4 Å². The number of methoxy groups -OCH3 is 1. The Balaban J connectivity index is 2.31. The van der Waals surface area contributed by atoms with Crippen LogP contribution in [0.5, 0.6) is 5.88 Å². The van der Waals surface area contributed by atoms with Gasteiger partial charge in [0.15, 0.2) is 4.47 Å². The van der Waals surface area contributed by atoms with Crippen molar-refractivity contribution in [1.82, 2.24) is 9.97 Å². The molecule has 0 aromatic carbocycles. The highest BCUT2D eigenvalue weighted by Crippen LogP contribution is 2.29. The number of anilines is 1. The van der Waals surface area contributed by atoms with Crippen molar-refractivity contribution in [3.05, 3.63) is 37.8 Å². The van der Waals surface area contributed by atoms with Crippen molar-refractivity contribution in [2.45, 2.75) is 6.54 Å². The number of hydrogen-bond acceptors (Lipinski definition) is 7. The molecular weight excluding hydrogens is 304 g/mol. The highest BCUT2D eigenvalue weighted by molar-refractivity contribution is 7.15. The summed E-state index contributed by atoms with van der Waals surface area (Å²) in [6, 6.07) is 2.83. The maximum Gasteiger partial charge on any atom is 0.311 e. The van der Waals surface area contributed by atoms with E-state index in [0.29, 0.717) is 16.9 Å². The van der Waals surface area contributed by atoms with Crippen LogP contribution in [0.4, 0.5) is 11.5 Å². The first-order valence-corrected chi connectivity index (χ1v) is 6.71. The lowest BCUT2D eigenvalue weighted by atomic mass is 10.3. The molecule has 2 heterocycles. The van der Waals surface area contributed by atoms with Gasteiger partial charge in [-0.25, -0.2) is 4.98 Å². The van der Waals surface area contributed by atoms with E-state index in [2.05, 4.69) is 9.97 Å². The normalized spacial score (nSPS) is 10.3. The third-order valence-electron chi connectivity index (χ3n) is 2.51. The lowest BCUT2D eigenvalue weighted by molar-refractivity contribution is -0.384. The number of halogens is 1. The molecule has 7 nitrogen and oxygen atoms in total. The van der Waals surface area contributed by atoms with Crippen LogP contribution in [0, 0.1) is 10.1 Å². The number of aromatic nitrogens is 2. The Hall–Kier alpha value is -1.93. The second-order valence-corrected chi connectivity index (χ2v) is 5.59. The molecular formula is C11H11ClN4O3S. The molecule has 0 fully saturated rings. The van der Waals surface area contributed by atoms with Crippen LogP contribution in [0.1, 0.15) is 4.88 Å². The molecule has 20 heavy (non-hydrogen) atoms. The van der Waals surface area contributed by atoms with Crippen molar-refractivity contribution in [1.29, 1.82) is 0 Å². The van der Waals surface area contributed by atoms with Gasteiger partial charge >= 0.3 is 5.69 Å². The van der Waals surface area contributed by atoms with Crippen molar-refractivity contribution in [3.63, 3.8) is 0 Å². The SMILES string of the molecule is COc1ccc([N+](=O)[O-])c(N(C)Cc2cnc(Cl)s2)n1. The van der Waals surface area contributed by atoms with E-state index in [4.69, 9.17) is 16.3 Å². The van der Waals surface area contributed by atoms with Crippen LogP contribution >= 0.6 is 22.9 Å². The molecule has 106 valence electrons. The van der Waals surface area contributed by atoms with Gasteiger partial charge in [0.25, 0.3) is 0 Å². The first-order chi connectivity index (χ1) is 9.51. The molecule has 9 heteroatoms. The number of nitro groups is 1. The number of rotatable bonds is 5. The summed E-state index contributed by atoms with van der Waals surface area (Å²) in [5.41, 5.74) is -0.0797. The molecule has 0 saturated carbocycles. The quantitative estimate of drug-likeness (QED) is 0.623. The molecule has 2 rings (SSSR count). The van der Waals surface area contributed by atoms with E-state index in [1.165, 1.54) is 30.6 Å². The summed E-state index contributed by atoms with van der Waals surface area (Å²) in [5, 5.41) is 11.0. The van der Waals surface area contributed by atoms with Crippen molar-refractivity contribution in [3.8, 4) is 5.88 Å². The molecule has 0 atom stereocenters. The lowest BCUT2D eigenvalue weighted by Crippen LogP contribution is -2.18. The summed E-state index contributed by atoms with van der Waals surface area (Å²) in [4.78, 5) is 21.2. The van der Waals surface area contributed by atoms with Crippen LogP contribution < -0.4 is 9.64 Å². The van der Waals surface area contributed by atoms with Gasteiger partial charge in [-0.1, -0.05) is 11.6 Å². The van der Waals surface area contributed by atoms with Gasteiger partial charge in [-0.2, -0.15) is 4.98 Å². The van der Waals surface area contributed by atoms with Gasteiger partial charge in [0.1, 0.15) is 0 Å². The second-order valence-electron chi connectivity index (χ2n) is 3.89. The number of nitrogens with zero attached hydrogens (tertiary/aromatic N) is 4. The van der Waals surface area contributed by atoms with E-state index in [-0.39, 0.29) is 11.5 Å². The highest BCUT2D eigenvalue weighted by Gasteiger charge is 2.20. The highest BCUT2D eigenvalue weighted by atomic mass is 35.5. The minimum Gasteiger partial charge on any atom is -0.481 e. The van der Waals surface area contributed by atoms with Gasteiger partial charge in [-0.05, 0) is 0 Å². The zero-order chi connectivity index (χ0) is 14.7. The van der Waals surface area contributed by atoms with Crippen molar-refractivity contribution < 1.29 is 9.66 Å². The summed E-state index contributed by atoms with van der Waals surface area (Å²) in [6.07, 6.45) is 1.63. The van der Waals surface area contributed by atoms with Crippen LogP contribution in [0.15, 0.2) is 18.3 Å². The van der Waals surface area contributed by atoms with E-state index in [1.807, 2.05) is 0 Å². The molecule has 0 unspecified atom stereocenters. The molecule has 0 N–H and O–H groups in total. The van der Waals surface area contributed by atoms with Crippen LogP contribution in [-0.4, -0.2) is 29.0 Å². The molecule has 2 aromatic heterocycles. The summed E-state index contributed by atoms with van der Waals surface area (Å²) in [6.45, 7) is 0.422. The molecule has 0 spiro atoms. The second kappa shape index (κ2) is 6.02. The van der Waals surface area contributed by atoms with Gasteiger partial charge < -0.3 is 9.64 Å². The minimum absolute atomic E-state index is 0.0797. The van der Waals surface area contributed by atoms with E-state index >= 15 is 0 Å². The number of ether oxygens (including phenoxy) is 1. The van der Waals surface area contributed by atoms with Crippen LogP contribution in [0.3, 0.4) is 0 Å². The van der Waals surface area contributed by atoms with E-state index in [9.17, 15) is 10.1 Å². The average molecular weight is 315 g/mol. The van der Waals surface area contributed by atoms with Gasteiger partial charge in [-0.3, -0.25) is 10.1 Å². The average Bonchev–Trinajstić information content (AvgIpc) is 2.83. The van der Waals surface area contributed by atoms with Gasteiger partial charge in [0.05, 0.1) is 18.6 Å². The van der Waals surface area contributed by atoms with Crippen LogP contribution in [-0.2, 0) is 6.54 Å². The number of hydrogen-bond donors (Lipinski definition) is 0. The van der Waals surface area contributed by atoms with E-state index in [0.717, 1.165) is 4.88 Å². The fourth-order valence-electron chi connectivity index (χ4n) is 1.63. The first-order valence-electron chi connectivity index (χ1n) is 5.52. The zero-order valence-electron chi connectivity index (χ0n) is 10.7. The molecule has 0 aliphatic rings. The maximum absolute atomic E-state index is 11.0. The molecule has 2 aromatic rings. The fourth-order valence-corrected chi connectivity index (χ4v) is 2.66. The Morgan fingerprint density at radius 1 is 1.55 bits per heavy atom. The predicted octanol–water partition coefficient (Wildman–Crippen LogP) is 2.74. The fraction of sp³-hybridized carbons (Fsp3) is 0.273. The third kappa shape index (κ3) is 3.14. The lowest BCUT2D eigenvalue weighted by Gasteiger charge is -2.17. The van der Waals surface area contributed by atoms with E-state index < -0.39 is 4.92 Å². The Bertz CT molecular complexity index is 634. The van der Waals surface area contributed by atoms with Gasteiger partial charge in [0, 0.05) is 30.3 Å². The van der Waals surface area contributed by atoms with Crippen LogP contribution in [0.25, 0.3) is 0 Å². The Labute approximate surface area is 123 Å². The van der Waals surface area contributed by atoms with Crippen molar-refractivity contribution in [2.75, 3.05) is 19.1 Å². The molecule has 0 radical (unpaired) electrons. The topological polar surface area (TPSA) is 81.4 Å². The summed E-state index contributed by atoms with van der Waals surface area (Å²) >= 11 is 7.08. The summed E-state index contributed by atoms with van der Waals surface area (Å²) < 4.78 is 5.43. The zero-order valence-corrected chi connectivity index (χ0v) is 12.3. The van der Waals surface area contributed by atoms with Crippen LogP contribution in [0.2, 0.25) is 4.47 Å². The molecule has 0 bridgehead atoms. The number of thiazole rings is 1. The monoisotopic (exact) mass is 314 g/mol. The predicted molar refractivity (Wildman–Crippen MR) is 76.7 cm³/mol. The van der Waals surface area contributed by atoms with Crippen molar-refractivity contribution in [2.24, 2.45) is 0 Å². The molecule has 0 amide bonds. The Kier molecular flexibility index (Phi) is 4.35. The smallest absolute Gasteiger partial charge is 0.311 e. The third-order valence-corrected chi connectivity index (χ3v) is 3.61. The first kappa shape index (κ1) is 14.5. The van der Waals surface area contributed by atoms with Gasteiger partial charge in [-0.15, -0.1) is 11.3 Å². The largest absolute Gasteiger partial charge is 0.481 e. The molecule has 0 aliphatic heterocycles. The standard InChI is InChI=1S/C11H11ClN4O3S/c1-15(6-7-5-13-11(12)20-7)10-8(16(17)18)3-4-9(14-10)19-2/h3-5H,6H2,1-2H3. The maximum atomic E-state index is 11.0. The Morgan fingerprint density at radius 2 is 2.30 bits per heavy atom. The summed E-state index contributed by atoms with van der Waals surface area (Å²) in [7, 11) is 3.17. The van der Waals surface area contributed by atoms with Gasteiger partial charge in [0.2, 0.25) is 11.7 Å². The van der Waals surface area contributed by atoms with E-state index in [1.54, 1.807) is 18.1 Å². The summed E-state index contributed by atoms with van der Waals surface area (Å²) in [5.74, 6) is 0.554. The minimum atomic E-state index is -0.474. The Morgan fingerprint density at radius 3 is 2.85 bits per heavy atom.